The Morgan fingerprint density at radius 1 is 1.23 bits per heavy atom. The first-order chi connectivity index (χ1) is 12.2. The van der Waals surface area contributed by atoms with Crippen LogP contribution >= 0.6 is 12.4 Å². The van der Waals surface area contributed by atoms with Gasteiger partial charge < -0.3 is 25.0 Å². The summed E-state index contributed by atoms with van der Waals surface area (Å²) in [5, 5.41) is 0. The minimum Gasteiger partial charge on any atom is -0.454 e. The summed E-state index contributed by atoms with van der Waals surface area (Å²) in [4.78, 5) is 28.8. The van der Waals surface area contributed by atoms with Gasteiger partial charge in [0.2, 0.25) is 12.7 Å². The molecular formula is C18H24ClN3O4. The Morgan fingerprint density at radius 2 is 2.04 bits per heavy atom. The van der Waals surface area contributed by atoms with Gasteiger partial charge in [-0.3, -0.25) is 9.59 Å². The fourth-order valence-corrected chi connectivity index (χ4v) is 4.18. The van der Waals surface area contributed by atoms with Crippen molar-refractivity contribution in [1.82, 2.24) is 9.80 Å². The van der Waals surface area contributed by atoms with Crippen molar-refractivity contribution in [2.45, 2.75) is 25.3 Å². The van der Waals surface area contributed by atoms with E-state index in [0.29, 0.717) is 55.6 Å². The van der Waals surface area contributed by atoms with Crippen molar-refractivity contribution >= 4 is 24.2 Å². The van der Waals surface area contributed by atoms with Crippen molar-refractivity contribution in [3.63, 3.8) is 0 Å². The van der Waals surface area contributed by atoms with Crippen LogP contribution in [0.2, 0.25) is 0 Å². The zero-order valence-corrected chi connectivity index (χ0v) is 15.4. The number of ether oxygens (including phenoxy) is 2. The maximum absolute atomic E-state index is 12.9. The van der Waals surface area contributed by atoms with Gasteiger partial charge in [-0.15, -0.1) is 12.4 Å². The van der Waals surface area contributed by atoms with Gasteiger partial charge in [-0.1, -0.05) is 0 Å². The first-order valence-electron chi connectivity index (χ1n) is 8.86. The lowest BCUT2D eigenvalue weighted by molar-refractivity contribution is -0.140. The Balaban J connectivity index is 0.00000196. The predicted molar refractivity (Wildman–Crippen MR) is 97.6 cm³/mol. The molecule has 2 amide bonds. The molecule has 0 aliphatic carbocycles. The predicted octanol–water partition coefficient (Wildman–Crippen LogP) is 1.25. The molecule has 7 nitrogen and oxygen atoms in total. The summed E-state index contributed by atoms with van der Waals surface area (Å²) in [6.45, 7) is 2.63. The fraction of sp³-hybridized carbons (Fsp3) is 0.556. The second-order valence-electron chi connectivity index (χ2n) is 6.85. The van der Waals surface area contributed by atoms with E-state index in [1.54, 1.807) is 18.2 Å². The highest BCUT2D eigenvalue weighted by molar-refractivity contribution is 5.95. The maximum atomic E-state index is 12.9. The monoisotopic (exact) mass is 381 g/mol. The van der Waals surface area contributed by atoms with Crippen LogP contribution in [0.4, 0.5) is 0 Å². The normalized spacial score (nSPS) is 24.1. The number of likely N-dealkylation sites (tertiary alicyclic amines) is 2. The zero-order chi connectivity index (χ0) is 17.4. The van der Waals surface area contributed by atoms with Crippen LogP contribution < -0.4 is 15.2 Å². The lowest BCUT2D eigenvalue weighted by Gasteiger charge is -2.47. The molecule has 3 heterocycles. The molecule has 0 bridgehead atoms. The summed E-state index contributed by atoms with van der Waals surface area (Å²) < 4.78 is 10.7. The highest BCUT2D eigenvalue weighted by Gasteiger charge is 2.40. The van der Waals surface area contributed by atoms with Gasteiger partial charge in [-0.2, -0.15) is 0 Å². The van der Waals surface area contributed by atoms with Gasteiger partial charge in [0.15, 0.2) is 11.5 Å². The molecule has 3 aliphatic heterocycles. The number of piperidine rings is 2. The average Bonchev–Trinajstić information content (AvgIpc) is 3.11. The molecule has 4 rings (SSSR count). The molecule has 1 aromatic rings. The van der Waals surface area contributed by atoms with Crippen LogP contribution in [0.1, 0.15) is 29.6 Å². The third-order valence-corrected chi connectivity index (χ3v) is 5.42. The molecule has 1 aromatic carbocycles. The van der Waals surface area contributed by atoms with E-state index in [-0.39, 0.29) is 37.1 Å². The summed E-state index contributed by atoms with van der Waals surface area (Å²) in [6, 6.07) is 5.53. The molecule has 3 aliphatic rings. The molecule has 2 saturated heterocycles. The van der Waals surface area contributed by atoms with Crippen molar-refractivity contribution in [2.75, 3.05) is 33.0 Å². The third kappa shape index (κ3) is 3.33. The number of carbonyl (C=O) groups excluding carboxylic acids is 2. The third-order valence-electron chi connectivity index (χ3n) is 5.42. The highest BCUT2D eigenvalue weighted by atomic mass is 35.5. The van der Waals surface area contributed by atoms with Gasteiger partial charge in [0.25, 0.3) is 5.91 Å². The summed E-state index contributed by atoms with van der Waals surface area (Å²) in [7, 11) is 0. The molecule has 26 heavy (non-hydrogen) atoms. The largest absolute Gasteiger partial charge is 0.454 e. The van der Waals surface area contributed by atoms with Gasteiger partial charge in [0, 0.05) is 44.2 Å². The van der Waals surface area contributed by atoms with Crippen LogP contribution in [0.25, 0.3) is 0 Å². The topological polar surface area (TPSA) is 85.1 Å². The Morgan fingerprint density at radius 3 is 2.85 bits per heavy atom. The second kappa shape index (κ2) is 7.72. The fourth-order valence-electron chi connectivity index (χ4n) is 4.18. The Kier molecular flexibility index (Phi) is 5.58. The molecule has 2 fully saturated rings. The van der Waals surface area contributed by atoms with E-state index >= 15 is 0 Å². The Hall–Kier alpha value is -1.99. The van der Waals surface area contributed by atoms with Gasteiger partial charge in [0.05, 0.1) is 0 Å². The molecule has 2 atom stereocenters. The van der Waals surface area contributed by atoms with Gasteiger partial charge >= 0.3 is 0 Å². The molecule has 0 radical (unpaired) electrons. The standard InChI is InChI=1S/C18H23N3O4.ClH/c19-6-8-21-14-5-7-20(10-13(14)2-4-17(21)22)18(23)12-1-3-15-16(9-12)25-11-24-15;/h1,3,9,13-14H,2,4-8,10-11,19H2;1H/t13-,14+;/m0./s1. The molecule has 142 valence electrons. The van der Waals surface area contributed by atoms with E-state index in [1.807, 2.05) is 9.80 Å². The van der Waals surface area contributed by atoms with E-state index in [0.717, 1.165) is 12.8 Å². The zero-order valence-electron chi connectivity index (χ0n) is 14.6. The van der Waals surface area contributed by atoms with Crippen LogP contribution in [0, 0.1) is 5.92 Å². The minimum absolute atomic E-state index is 0. The number of hydrogen-bond acceptors (Lipinski definition) is 5. The first-order valence-corrected chi connectivity index (χ1v) is 8.86. The number of nitrogens with two attached hydrogens (primary N) is 1. The van der Waals surface area contributed by atoms with Crippen molar-refractivity contribution in [1.29, 1.82) is 0 Å². The Bertz CT molecular complexity index is 699. The summed E-state index contributed by atoms with van der Waals surface area (Å²) >= 11 is 0. The number of benzene rings is 1. The van der Waals surface area contributed by atoms with E-state index in [9.17, 15) is 9.59 Å². The number of amides is 2. The van der Waals surface area contributed by atoms with Gasteiger partial charge in [0.1, 0.15) is 0 Å². The number of carbonyl (C=O) groups is 2. The summed E-state index contributed by atoms with van der Waals surface area (Å²) in [5.41, 5.74) is 6.28. The van der Waals surface area contributed by atoms with Crippen molar-refractivity contribution < 1.29 is 19.1 Å². The van der Waals surface area contributed by atoms with E-state index in [2.05, 4.69) is 0 Å². The quantitative estimate of drug-likeness (QED) is 0.851. The first kappa shape index (κ1) is 18.8. The molecule has 0 unspecified atom stereocenters. The van der Waals surface area contributed by atoms with E-state index < -0.39 is 0 Å². The molecule has 2 N–H and O–H groups in total. The average molecular weight is 382 g/mol. The summed E-state index contributed by atoms with van der Waals surface area (Å²) in [5.74, 6) is 1.84. The summed E-state index contributed by atoms with van der Waals surface area (Å²) in [6.07, 6.45) is 2.20. The van der Waals surface area contributed by atoms with Gasteiger partial charge in [-0.05, 0) is 37.0 Å². The number of nitrogens with zero attached hydrogens (tertiary/aromatic N) is 2. The van der Waals surface area contributed by atoms with Crippen LogP contribution in [0.5, 0.6) is 11.5 Å². The van der Waals surface area contributed by atoms with Crippen LogP contribution in [-0.2, 0) is 4.79 Å². The van der Waals surface area contributed by atoms with Crippen molar-refractivity contribution in [3.05, 3.63) is 23.8 Å². The molecule has 8 heteroatoms. The smallest absolute Gasteiger partial charge is 0.254 e. The number of fused-ring (bicyclic) bond motifs is 2. The SMILES string of the molecule is Cl.NCCN1C(=O)CC[C@H]2CN(C(=O)c3ccc4c(c3)OCO4)CC[C@H]21. The molecule has 0 saturated carbocycles. The lowest BCUT2D eigenvalue weighted by Crippen LogP contribution is -2.57. The van der Waals surface area contributed by atoms with Crippen molar-refractivity contribution in [3.8, 4) is 11.5 Å². The van der Waals surface area contributed by atoms with Crippen molar-refractivity contribution in [2.24, 2.45) is 11.7 Å². The Labute approximate surface area is 158 Å². The maximum Gasteiger partial charge on any atom is 0.254 e. The number of rotatable bonds is 3. The number of hydrogen-bond donors (Lipinski definition) is 1. The minimum atomic E-state index is 0. The van der Waals surface area contributed by atoms with Gasteiger partial charge in [-0.25, -0.2) is 0 Å². The number of halogens is 1. The van der Waals surface area contributed by atoms with Crippen LogP contribution in [0.15, 0.2) is 18.2 Å². The second-order valence-corrected chi connectivity index (χ2v) is 6.85. The van der Waals surface area contributed by atoms with E-state index in [4.69, 9.17) is 15.2 Å². The highest BCUT2D eigenvalue weighted by Crippen LogP contribution is 2.34. The lowest BCUT2D eigenvalue weighted by atomic mass is 9.83. The van der Waals surface area contributed by atoms with Crippen LogP contribution in [-0.4, -0.2) is 60.6 Å². The molecular weight excluding hydrogens is 358 g/mol. The molecule has 0 spiro atoms. The van der Waals surface area contributed by atoms with E-state index in [1.165, 1.54) is 0 Å². The van der Waals surface area contributed by atoms with Crippen LogP contribution in [0.3, 0.4) is 0 Å². The molecule has 0 aromatic heterocycles.